The third-order valence-corrected chi connectivity index (χ3v) is 5.57. The predicted octanol–water partition coefficient (Wildman–Crippen LogP) is 4.83. The summed E-state index contributed by atoms with van der Waals surface area (Å²) in [7, 11) is 1.62. The smallest absolute Gasteiger partial charge is 0.240 e. The van der Waals surface area contributed by atoms with Crippen LogP contribution in [0.1, 0.15) is 22.7 Å². The Kier molecular flexibility index (Phi) is 6.47. The summed E-state index contributed by atoms with van der Waals surface area (Å²) in [5, 5.41) is 10.3. The van der Waals surface area contributed by atoms with Crippen LogP contribution in [0.15, 0.2) is 78.9 Å². The molecule has 32 heavy (non-hydrogen) atoms. The van der Waals surface area contributed by atoms with Gasteiger partial charge < -0.3 is 10.1 Å². The number of hydrogen-bond donors (Lipinski definition) is 2. The number of aromatic nitrogens is 3. The van der Waals surface area contributed by atoms with Crippen molar-refractivity contribution in [3.63, 3.8) is 0 Å². The van der Waals surface area contributed by atoms with Crippen molar-refractivity contribution in [3.8, 4) is 17.1 Å². The Labute approximate surface area is 191 Å². The second kappa shape index (κ2) is 9.62. The van der Waals surface area contributed by atoms with Crippen LogP contribution < -0.4 is 10.1 Å². The van der Waals surface area contributed by atoms with Gasteiger partial charge in [-0.2, -0.15) is 5.10 Å². The topological polar surface area (TPSA) is 71.9 Å². The molecule has 1 amide bonds. The van der Waals surface area contributed by atoms with Gasteiger partial charge in [-0.25, -0.2) is 0 Å². The lowest BCUT2D eigenvalue weighted by Crippen LogP contribution is -2.32. The van der Waals surface area contributed by atoms with E-state index in [0.717, 1.165) is 22.4 Å². The Bertz CT molecular complexity index is 1250. The Morgan fingerprint density at radius 3 is 2.34 bits per heavy atom. The van der Waals surface area contributed by atoms with Gasteiger partial charge in [-0.3, -0.25) is 14.5 Å². The number of H-pyrrole nitrogens is 1. The fourth-order valence-corrected chi connectivity index (χ4v) is 3.74. The van der Waals surface area contributed by atoms with Crippen LogP contribution in [-0.2, 0) is 11.3 Å². The summed E-state index contributed by atoms with van der Waals surface area (Å²) < 4.78 is 7.31. The van der Waals surface area contributed by atoms with E-state index in [1.54, 1.807) is 11.7 Å². The van der Waals surface area contributed by atoms with Crippen LogP contribution in [-0.4, -0.2) is 27.8 Å². The Balaban J connectivity index is 1.59. The van der Waals surface area contributed by atoms with E-state index in [1.807, 2.05) is 85.8 Å². The van der Waals surface area contributed by atoms with Gasteiger partial charge in [0.15, 0.2) is 10.6 Å². The van der Waals surface area contributed by atoms with Gasteiger partial charge in [0, 0.05) is 5.56 Å². The van der Waals surface area contributed by atoms with E-state index in [-0.39, 0.29) is 18.5 Å². The number of amides is 1. The van der Waals surface area contributed by atoms with Crippen LogP contribution in [0.2, 0.25) is 0 Å². The van der Waals surface area contributed by atoms with Gasteiger partial charge in [-0.05, 0) is 54.5 Å². The van der Waals surface area contributed by atoms with E-state index in [1.165, 1.54) is 5.56 Å². The second-order valence-corrected chi connectivity index (χ2v) is 7.88. The summed E-state index contributed by atoms with van der Waals surface area (Å²) in [5.41, 5.74) is 4.03. The Morgan fingerprint density at radius 2 is 1.69 bits per heavy atom. The summed E-state index contributed by atoms with van der Waals surface area (Å²) in [5.74, 6) is 1.18. The van der Waals surface area contributed by atoms with Crippen molar-refractivity contribution in [2.75, 3.05) is 7.11 Å². The zero-order valence-corrected chi connectivity index (χ0v) is 18.7. The molecule has 162 valence electrons. The minimum absolute atomic E-state index is 0.0475. The molecule has 1 aromatic heterocycles. The van der Waals surface area contributed by atoms with Crippen molar-refractivity contribution in [1.82, 2.24) is 20.1 Å². The van der Waals surface area contributed by atoms with E-state index in [0.29, 0.717) is 10.6 Å². The molecule has 0 spiro atoms. The van der Waals surface area contributed by atoms with Crippen LogP contribution in [0.25, 0.3) is 11.4 Å². The molecule has 0 aliphatic rings. The van der Waals surface area contributed by atoms with Gasteiger partial charge in [-0.1, -0.05) is 60.2 Å². The average molecular weight is 445 g/mol. The van der Waals surface area contributed by atoms with E-state index in [2.05, 4.69) is 15.5 Å². The molecular formula is C25H24N4O2S. The summed E-state index contributed by atoms with van der Waals surface area (Å²) in [6, 6.07) is 25.3. The summed E-state index contributed by atoms with van der Waals surface area (Å²) in [4.78, 5) is 13.1. The standard InChI is InChI=1S/C25H24N4O2S/c1-17-8-10-19(11-9-17)23(18-6-4-3-5-7-18)26-22(30)16-29-24(27-28-25(29)32)20-12-14-21(31-2)15-13-20/h3-15,23H,16H2,1-2H3,(H,26,30)(H,28,32). The number of benzene rings is 3. The fourth-order valence-electron chi connectivity index (χ4n) is 3.54. The molecule has 6 nitrogen and oxygen atoms in total. The number of nitrogens with one attached hydrogen (secondary N) is 2. The molecule has 0 fully saturated rings. The highest BCUT2D eigenvalue weighted by Crippen LogP contribution is 2.24. The molecule has 7 heteroatoms. The maximum Gasteiger partial charge on any atom is 0.240 e. The first-order chi connectivity index (χ1) is 15.5. The van der Waals surface area contributed by atoms with Gasteiger partial charge in [0.1, 0.15) is 12.3 Å². The molecule has 0 radical (unpaired) electrons. The summed E-state index contributed by atoms with van der Waals surface area (Å²) in [6.07, 6.45) is 0. The molecule has 1 heterocycles. The highest BCUT2D eigenvalue weighted by Gasteiger charge is 2.19. The lowest BCUT2D eigenvalue weighted by molar-refractivity contribution is -0.122. The van der Waals surface area contributed by atoms with E-state index in [4.69, 9.17) is 17.0 Å². The molecule has 0 aliphatic heterocycles. The van der Waals surface area contributed by atoms with Crippen LogP contribution >= 0.6 is 12.2 Å². The zero-order chi connectivity index (χ0) is 22.5. The average Bonchev–Trinajstić information content (AvgIpc) is 3.18. The molecule has 2 N–H and O–H groups in total. The first kappa shape index (κ1) is 21.5. The van der Waals surface area contributed by atoms with Gasteiger partial charge >= 0.3 is 0 Å². The SMILES string of the molecule is COc1ccc(-c2n[nH]c(=S)n2CC(=O)NC(c2ccccc2)c2ccc(C)cc2)cc1. The minimum atomic E-state index is -0.269. The second-order valence-electron chi connectivity index (χ2n) is 7.49. The molecule has 4 aromatic rings. The number of hydrogen-bond acceptors (Lipinski definition) is 4. The minimum Gasteiger partial charge on any atom is -0.497 e. The quantitative estimate of drug-likeness (QED) is 0.401. The van der Waals surface area contributed by atoms with Crippen LogP contribution in [0.5, 0.6) is 5.75 Å². The van der Waals surface area contributed by atoms with Crippen LogP contribution in [0.3, 0.4) is 0 Å². The highest BCUT2D eigenvalue weighted by molar-refractivity contribution is 7.71. The van der Waals surface area contributed by atoms with Crippen molar-refractivity contribution >= 4 is 18.1 Å². The normalized spacial score (nSPS) is 11.7. The fraction of sp³-hybridized carbons (Fsp3) is 0.160. The number of aryl methyl sites for hydroxylation is 1. The van der Waals surface area contributed by atoms with Crippen molar-refractivity contribution in [2.45, 2.75) is 19.5 Å². The Hall–Kier alpha value is -3.71. The molecule has 0 bridgehead atoms. The van der Waals surface area contributed by atoms with E-state index < -0.39 is 0 Å². The number of rotatable bonds is 7. The van der Waals surface area contributed by atoms with Gasteiger partial charge in [-0.15, -0.1) is 0 Å². The van der Waals surface area contributed by atoms with Crippen molar-refractivity contribution < 1.29 is 9.53 Å². The van der Waals surface area contributed by atoms with Crippen LogP contribution in [0, 0.1) is 11.7 Å². The van der Waals surface area contributed by atoms with E-state index in [9.17, 15) is 4.79 Å². The van der Waals surface area contributed by atoms with Gasteiger partial charge in [0.25, 0.3) is 0 Å². The molecule has 0 saturated carbocycles. The lowest BCUT2D eigenvalue weighted by Gasteiger charge is -2.20. The third-order valence-electron chi connectivity index (χ3n) is 5.26. The number of carbonyl (C=O) groups excluding carboxylic acids is 1. The third kappa shape index (κ3) is 4.78. The van der Waals surface area contributed by atoms with Crippen molar-refractivity contribution in [1.29, 1.82) is 0 Å². The first-order valence-electron chi connectivity index (χ1n) is 10.3. The van der Waals surface area contributed by atoms with Crippen molar-refractivity contribution in [2.24, 2.45) is 0 Å². The summed E-state index contributed by atoms with van der Waals surface area (Å²) >= 11 is 5.39. The zero-order valence-electron chi connectivity index (χ0n) is 17.9. The molecule has 1 atom stereocenters. The number of nitrogens with zero attached hydrogens (tertiary/aromatic N) is 2. The predicted molar refractivity (Wildman–Crippen MR) is 127 cm³/mol. The maximum absolute atomic E-state index is 13.1. The monoisotopic (exact) mass is 444 g/mol. The van der Waals surface area contributed by atoms with Gasteiger partial charge in [0.05, 0.1) is 13.2 Å². The van der Waals surface area contributed by atoms with E-state index >= 15 is 0 Å². The molecule has 3 aromatic carbocycles. The molecule has 0 saturated heterocycles. The maximum atomic E-state index is 13.1. The number of carbonyl (C=O) groups is 1. The largest absolute Gasteiger partial charge is 0.497 e. The molecule has 4 rings (SSSR count). The van der Waals surface area contributed by atoms with Crippen LogP contribution in [0.4, 0.5) is 0 Å². The van der Waals surface area contributed by atoms with Crippen molar-refractivity contribution in [3.05, 3.63) is 100 Å². The summed E-state index contributed by atoms with van der Waals surface area (Å²) in [6.45, 7) is 2.09. The first-order valence-corrected chi connectivity index (χ1v) is 10.7. The number of ether oxygens (including phenoxy) is 1. The van der Waals surface area contributed by atoms with Gasteiger partial charge in [0.2, 0.25) is 5.91 Å². The highest BCUT2D eigenvalue weighted by atomic mass is 32.1. The molecular weight excluding hydrogens is 420 g/mol. The molecule has 0 aliphatic carbocycles. The molecule has 1 unspecified atom stereocenters. The number of methoxy groups -OCH3 is 1. The lowest BCUT2D eigenvalue weighted by atomic mass is 9.98. The Morgan fingerprint density at radius 1 is 1.03 bits per heavy atom. The number of aromatic amines is 1.